The molecule has 0 amide bonds. The standard InChI is InChI=1S/C50H32N2/c51-33-47-31-44(23-25-49(47)36-13-5-2-6-14-36)42-20-9-18-40(29-42)43-21-10-22-46(30-43)50-26-24-45(32-48(50)34-52)41-19-8-17-39(28-41)38-16-7-15-37(27-38)35-11-3-1-4-12-35/h1-32H. The zero-order valence-electron chi connectivity index (χ0n) is 28.4. The van der Waals surface area contributed by atoms with Crippen LogP contribution in [-0.2, 0) is 0 Å². The van der Waals surface area contributed by atoms with E-state index in [1.165, 1.54) is 11.1 Å². The van der Waals surface area contributed by atoms with Crippen molar-refractivity contribution in [2.45, 2.75) is 0 Å². The van der Waals surface area contributed by atoms with Crippen molar-refractivity contribution < 1.29 is 0 Å². The SMILES string of the molecule is N#Cc1cc(-c2cccc(-c3cccc(-c4ccc(-c5cccc(-c6cccc(-c7ccccc7)c6)c5)cc4C#N)c3)c2)ccc1-c1ccccc1. The van der Waals surface area contributed by atoms with Gasteiger partial charge in [-0.15, -0.1) is 0 Å². The zero-order chi connectivity index (χ0) is 35.3. The second-order valence-corrected chi connectivity index (χ2v) is 12.8. The van der Waals surface area contributed by atoms with Gasteiger partial charge in [0, 0.05) is 0 Å². The fraction of sp³-hybridized carbons (Fsp3) is 0. The van der Waals surface area contributed by atoms with Crippen LogP contribution >= 0.6 is 0 Å². The van der Waals surface area contributed by atoms with Gasteiger partial charge in [0.25, 0.3) is 0 Å². The van der Waals surface area contributed by atoms with Crippen LogP contribution in [0.4, 0.5) is 0 Å². The van der Waals surface area contributed by atoms with Gasteiger partial charge in [-0.25, -0.2) is 0 Å². The van der Waals surface area contributed by atoms with E-state index in [4.69, 9.17) is 0 Å². The summed E-state index contributed by atoms with van der Waals surface area (Å²) < 4.78 is 0. The van der Waals surface area contributed by atoms with Gasteiger partial charge in [0.05, 0.1) is 23.3 Å². The number of nitrogens with zero attached hydrogens (tertiary/aromatic N) is 2. The number of rotatable bonds is 7. The van der Waals surface area contributed by atoms with Gasteiger partial charge >= 0.3 is 0 Å². The lowest BCUT2D eigenvalue weighted by molar-refractivity contribution is 1.47. The first-order valence-corrected chi connectivity index (χ1v) is 17.3. The molecule has 0 spiro atoms. The highest BCUT2D eigenvalue weighted by Crippen LogP contribution is 2.35. The lowest BCUT2D eigenvalue weighted by Crippen LogP contribution is -1.89. The summed E-state index contributed by atoms with van der Waals surface area (Å²) in [5.74, 6) is 0. The highest BCUT2D eigenvalue weighted by Gasteiger charge is 2.12. The molecule has 0 aliphatic carbocycles. The Labute approximate surface area is 304 Å². The quantitative estimate of drug-likeness (QED) is 0.171. The third-order valence-corrected chi connectivity index (χ3v) is 9.57. The molecule has 0 saturated carbocycles. The number of hydrogen-bond acceptors (Lipinski definition) is 2. The van der Waals surface area contributed by atoms with Crippen LogP contribution in [0.5, 0.6) is 0 Å². The molecule has 0 N–H and O–H groups in total. The molecule has 2 nitrogen and oxygen atoms in total. The molecule has 0 aliphatic rings. The van der Waals surface area contributed by atoms with Crippen molar-refractivity contribution in [2.75, 3.05) is 0 Å². The third-order valence-electron chi connectivity index (χ3n) is 9.57. The predicted molar refractivity (Wildman–Crippen MR) is 214 cm³/mol. The van der Waals surface area contributed by atoms with E-state index in [0.717, 1.165) is 66.8 Å². The molecule has 0 saturated heterocycles. The minimum absolute atomic E-state index is 0.627. The fourth-order valence-electron chi connectivity index (χ4n) is 6.89. The molecule has 0 bridgehead atoms. The summed E-state index contributed by atoms with van der Waals surface area (Å²) in [6, 6.07) is 71.4. The molecule has 8 aromatic carbocycles. The third kappa shape index (κ3) is 6.54. The van der Waals surface area contributed by atoms with Crippen LogP contribution in [0.25, 0.3) is 77.9 Å². The van der Waals surface area contributed by atoms with Crippen molar-refractivity contribution in [3.8, 4) is 90.0 Å². The van der Waals surface area contributed by atoms with E-state index in [1.807, 2.05) is 60.7 Å². The van der Waals surface area contributed by atoms with Crippen LogP contribution < -0.4 is 0 Å². The number of nitriles is 2. The minimum Gasteiger partial charge on any atom is -0.192 e. The topological polar surface area (TPSA) is 47.6 Å². The molecule has 8 rings (SSSR count). The largest absolute Gasteiger partial charge is 0.192 e. The maximum absolute atomic E-state index is 10.3. The maximum atomic E-state index is 10.3. The molecule has 2 heteroatoms. The van der Waals surface area contributed by atoms with Crippen molar-refractivity contribution in [1.82, 2.24) is 0 Å². The summed E-state index contributed by atoms with van der Waals surface area (Å²) in [7, 11) is 0. The minimum atomic E-state index is 0.627. The first kappa shape index (κ1) is 32.0. The Balaban J connectivity index is 1.08. The second-order valence-electron chi connectivity index (χ2n) is 12.8. The lowest BCUT2D eigenvalue weighted by Gasteiger charge is -2.12. The molecule has 242 valence electrons. The lowest BCUT2D eigenvalue weighted by atomic mass is 9.91. The fourth-order valence-corrected chi connectivity index (χ4v) is 6.89. The van der Waals surface area contributed by atoms with Crippen LogP contribution in [0.15, 0.2) is 194 Å². The highest BCUT2D eigenvalue weighted by atomic mass is 14.3. The Morgan fingerprint density at radius 3 is 0.923 bits per heavy atom. The monoisotopic (exact) mass is 660 g/mol. The van der Waals surface area contributed by atoms with Crippen molar-refractivity contribution in [3.63, 3.8) is 0 Å². The van der Waals surface area contributed by atoms with Gasteiger partial charge in [-0.3, -0.25) is 0 Å². The molecule has 0 unspecified atom stereocenters. The zero-order valence-corrected chi connectivity index (χ0v) is 28.4. The van der Waals surface area contributed by atoms with Gasteiger partial charge in [0.15, 0.2) is 0 Å². The van der Waals surface area contributed by atoms with E-state index < -0.39 is 0 Å². The second kappa shape index (κ2) is 14.3. The molecule has 0 fully saturated rings. The van der Waals surface area contributed by atoms with Crippen molar-refractivity contribution >= 4 is 0 Å². The van der Waals surface area contributed by atoms with Gasteiger partial charge in [-0.1, -0.05) is 158 Å². The van der Waals surface area contributed by atoms with E-state index in [1.54, 1.807) is 0 Å². The normalized spacial score (nSPS) is 10.7. The summed E-state index contributed by atoms with van der Waals surface area (Å²) in [5, 5.41) is 20.3. The van der Waals surface area contributed by atoms with Gasteiger partial charge in [-0.2, -0.15) is 10.5 Å². The van der Waals surface area contributed by atoms with Crippen LogP contribution in [0.1, 0.15) is 11.1 Å². The molecular weight excluding hydrogens is 629 g/mol. The van der Waals surface area contributed by atoms with Crippen LogP contribution in [0.2, 0.25) is 0 Å². The van der Waals surface area contributed by atoms with Gasteiger partial charge in [-0.05, 0) is 114 Å². The molecular formula is C50H32N2. The van der Waals surface area contributed by atoms with E-state index in [0.29, 0.717) is 11.1 Å². The van der Waals surface area contributed by atoms with Crippen LogP contribution in [0.3, 0.4) is 0 Å². The van der Waals surface area contributed by atoms with E-state index in [2.05, 4.69) is 146 Å². The van der Waals surface area contributed by atoms with Gasteiger partial charge < -0.3 is 0 Å². The first-order chi connectivity index (χ1) is 25.7. The summed E-state index contributed by atoms with van der Waals surface area (Å²) in [5.41, 5.74) is 16.0. The van der Waals surface area contributed by atoms with Crippen LogP contribution in [-0.4, -0.2) is 0 Å². The molecule has 8 aromatic rings. The van der Waals surface area contributed by atoms with Crippen molar-refractivity contribution in [3.05, 3.63) is 205 Å². The van der Waals surface area contributed by atoms with E-state index >= 15 is 0 Å². The number of hydrogen-bond donors (Lipinski definition) is 0. The Hall–Kier alpha value is -7.26. The average Bonchev–Trinajstić information content (AvgIpc) is 3.24. The summed E-state index contributed by atoms with van der Waals surface area (Å²) >= 11 is 0. The summed E-state index contributed by atoms with van der Waals surface area (Å²) in [6.07, 6.45) is 0. The van der Waals surface area contributed by atoms with Gasteiger partial charge in [0.2, 0.25) is 0 Å². The molecule has 52 heavy (non-hydrogen) atoms. The molecule has 0 radical (unpaired) electrons. The van der Waals surface area contributed by atoms with E-state index in [9.17, 15) is 10.5 Å². The summed E-state index contributed by atoms with van der Waals surface area (Å²) in [4.78, 5) is 0. The van der Waals surface area contributed by atoms with Crippen LogP contribution in [0, 0.1) is 22.7 Å². The maximum Gasteiger partial charge on any atom is 0.0998 e. The Bertz CT molecular complexity index is 2640. The average molecular weight is 661 g/mol. The van der Waals surface area contributed by atoms with Crippen molar-refractivity contribution in [2.24, 2.45) is 0 Å². The Kier molecular flexibility index (Phi) is 8.80. The molecule has 0 aromatic heterocycles. The number of benzene rings is 8. The summed E-state index contributed by atoms with van der Waals surface area (Å²) in [6.45, 7) is 0. The Morgan fingerprint density at radius 2 is 0.519 bits per heavy atom. The smallest absolute Gasteiger partial charge is 0.0998 e. The predicted octanol–water partition coefficient (Wildman–Crippen LogP) is 13.1. The van der Waals surface area contributed by atoms with Crippen molar-refractivity contribution in [1.29, 1.82) is 10.5 Å². The van der Waals surface area contributed by atoms with Gasteiger partial charge in [0.1, 0.15) is 0 Å². The molecule has 0 aliphatic heterocycles. The highest BCUT2D eigenvalue weighted by molar-refractivity contribution is 5.83. The Morgan fingerprint density at radius 1 is 0.231 bits per heavy atom. The van der Waals surface area contributed by atoms with E-state index in [-0.39, 0.29) is 0 Å². The first-order valence-electron chi connectivity index (χ1n) is 17.3. The molecule has 0 atom stereocenters. The molecule has 0 heterocycles.